The molecule has 3 aromatic rings. The summed E-state index contributed by atoms with van der Waals surface area (Å²) in [7, 11) is 1.70. The summed E-state index contributed by atoms with van der Waals surface area (Å²) in [6.07, 6.45) is 0.920. The summed E-state index contributed by atoms with van der Waals surface area (Å²) in [4.78, 5) is 36.5. The Kier molecular flexibility index (Phi) is 7.75. The zero-order chi connectivity index (χ0) is 26.9. The van der Waals surface area contributed by atoms with Crippen LogP contribution in [0.15, 0.2) is 42.6 Å². The molecule has 2 amide bonds. The summed E-state index contributed by atoms with van der Waals surface area (Å²) in [6, 6.07) is 8.13. The van der Waals surface area contributed by atoms with Gasteiger partial charge in [-0.3, -0.25) is 9.59 Å². The minimum absolute atomic E-state index is 0.252. The molecule has 4 rings (SSSR count). The second-order valence-electron chi connectivity index (χ2n) is 9.14. The van der Waals surface area contributed by atoms with Crippen LogP contribution in [0.1, 0.15) is 53.4 Å². The fourth-order valence-corrected chi connectivity index (χ4v) is 4.67. The second kappa shape index (κ2) is 10.8. The molecule has 3 unspecified atom stereocenters. The highest BCUT2D eigenvalue weighted by Crippen LogP contribution is 2.32. The summed E-state index contributed by atoms with van der Waals surface area (Å²) in [5, 5.41) is 16.6. The number of nitrogens with one attached hydrogen (secondary N) is 2. The highest BCUT2D eigenvalue weighted by Gasteiger charge is 2.35. The number of rotatable bonds is 8. The maximum Gasteiger partial charge on any atom is 0.255 e. The van der Waals surface area contributed by atoms with E-state index in [1.165, 1.54) is 23.2 Å². The first-order valence-electron chi connectivity index (χ1n) is 12.0. The van der Waals surface area contributed by atoms with Gasteiger partial charge in [0.25, 0.3) is 5.91 Å². The van der Waals surface area contributed by atoms with E-state index in [-0.39, 0.29) is 12.5 Å². The number of aromatic nitrogens is 2. The Labute approximate surface area is 219 Å². The number of fused-ring (bicyclic) bond motifs is 1. The number of halogens is 2. The fourth-order valence-electron chi connectivity index (χ4n) is 4.47. The van der Waals surface area contributed by atoms with Gasteiger partial charge in [-0.1, -0.05) is 36.7 Å². The van der Waals surface area contributed by atoms with E-state index in [1.54, 1.807) is 40.0 Å². The third kappa shape index (κ3) is 5.42. The van der Waals surface area contributed by atoms with E-state index in [0.717, 1.165) is 5.56 Å². The van der Waals surface area contributed by atoms with Crippen LogP contribution in [0.5, 0.6) is 0 Å². The molecule has 0 radical (unpaired) electrons. The number of aliphatic hydroxyl groups is 1. The van der Waals surface area contributed by atoms with Gasteiger partial charge in [0.15, 0.2) is 0 Å². The van der Waals surface area contributed by atoms with E-state index < -0.39 is 29.9 Å². The Morgan fingerprint density at radius 1 is 1.27 bits per heavy atom. The Bertz CT molecular complexity index is 1330. The summed E-state index contributed by atoms with van der Waals surface area (Å²) in [5.41, 5.74) is 3.53. The largest absolute Gasteiger partial charge is 0.391 e. The molecule has 3 atom stereocenters. The van der Waals surface area contributed by atoms with Crippen molar-refractivity contribution >= 4 is 29.4 Å². The van der Waals surface area contributed by atoms with E-state index in [9.17, 15) is 19.1 Å². The molecule has 1 aromatic heterocycles. The molecular weight excluding hydrogens is 497 g/mol. The lowest BCUT2D eigenvalue weighted by Gasteiger charge is -2.29. The average Bonchev–Trinajstić information content (AvgIpc) is 3.21. The number of hydrogen-bond donors (Lipinski definition) is 3. The van der Waals surface area contributed by atoms with Gasteiger partial charge in [-0.25, -0.2) is 14.4 Å². The SMILES string of the molecule is CCC(O)C(NC(=O)C(C)N1Cc2ccc(-c3nc(NC)ncc3Cl)cc2C1=O)c1cc(C)cc(F)c1. The van der Waals surface area contributed by atoms with E-state index in [0.29, 0.717) is 45.3 Å². The third-order valence-electron chi connectivity index (χ3n) is 6.55. The molecule has 0 spiro atoms. The predicted molar refractivity (Wildman–Crippen MR) is 140 cm³/mol. The van der Waals surface area contributed by atoms with Crippen LogP contribution in [0.4, 0.5) is 10.3 Å². The minimum Gasteiger partial charge on any atom is -0.391 e. The molecule has 10 heteroatoms. The van der Waals surface area contributed by atoms with Gasteiger partial charge in [0, 0.05) is 24.7 Å². The van der Waals surface area contributed by atoms with Crippen molar-refractivity contribution in [2.24, 2.45) is 0 Å². The van der Waals surface area contributed by atoms with Crippen LogP contribution >= 0.6 is 11.6 Å². The predicted octanol–water partition coefficient (Wildman–Crippen LogP) is 4.26. The smallest absolute Gasteiger partial charge is 0.255 e. The summed E-state index contributed by atoms with van der Waals surface area (Å²) >= 11 is 6.31. The maximum absolute atomic E-state index is 14.1. The second-order valence-corrected chi connectivity index (χ2v) is 9.55. The van der Waals surface area contributed by atoms with Crippen molar-refractivity contribution in [2.45, 2.75) is 51.9 Å². The van der Waals surface area contributed by atoms with Crippen molar-refractivity contribution in [3.63, 3.8) is 0 Å². The van der Waals surface area contributed by atoms with Crippen molar-refractivity contribution < 1.29 is 19.1 Å². The van der Waals surface area contributed by atoms with Crippen LogP contribution in [-0.2, 0) is 11.3 Å². The Balaban J connectivity index is 1.56. The van der Waals surface area contributed by atoms with Crippen LogP contribution in [0.2, 0.25) is 5.02 Å². The van der Waals surface area contributed by atoms with E-state index in [4.69, 9.17) is 11.6 Å². The van der Waals surface area contributed by atoms with Gasteiger partial charge in [-0.05, 0) is 55.2 Å². The zero-order valence-electron chi connectivity index (χ0n) is 21.0. The average molecular weight is 526 g/mol. The summed E-state index contributed by atoms with van der Waals surface area (Å²) < 4.78 is 14.1. The lowest BCUT2D eigenvalue weighted by Crippen LogP contribution is -2.48. The van der Waals surface area contributed by atoms with Gasteiger partial charge in [0.2, 0.25) is 11.9 Å². The molecule has 0 aliphatic carbocycles. The Morgan fingerprint density at radius 3 is 2.70 bits per heavy atom. The molecule has 0 fully saturated rings. The zero-order valence-corrected chi connectivity index (χ0v) is 21.8. The standard InChI is InChI=1S/C27H29ClFN5O3/c1-5-22(35)24(18-8-14(2)9-19(29)10-18)32-25(36)15(3)34-13-17-7-6-16(11-20(17)26(34)37)23-21(28)12-31-27(30-4)33-23/h6-12,15,22,24,35H,5,13H2,1-4H3,(H,32,36)(H,30,31,33). The Morgan fingerprint density at radius 2 is 2.03 bits per heavy atom. The molecule has 0 saturated carbocycles. The lowest BCUT2D eigenvalue weighted by molar-refractivity contribution is -0.126. The van der Waals surface area contributed by atoms with Crippen LogP contribution in [0, 0.1) is 12.7 Å². The van der Waals surface area contributed by atoms with E-state index in [1.807, 2.05) is 12.1 Å². The van der Waals surface area contributed by atoms with Crippen LogP contribution in [0.3, 0.4) is 0 Å². The number of carbonyl (C=O) groups is 2. The number of amides is 2. The molecule has 37 heavy (non-hydrogen) atoms. The van der Waals surface area contributed by atoms with Gasteiger partial charge in [0.1, 0.15) is 11.9 Å². The monoisotopic (exact) mass is 525 g/mol. The van der Waals surface area contributed by atoms with E-state index >= 15 is 0 Å². The van der Waals surface area contributed by atoms with Crippen molar-refractivity contribution in [1.82, 2.24) is 20.2 Å². The molecule has 2 heterocycles. The van der Waals surface area contributed by atoms with Crippen molar-refractivity contribution in [1.29, 1.82) is 0 Å². The minimum atomic E-state index is -0.925. The lowest BCUT2D eigenvalue weighted by atomic mass is 9.97. The van der Waals surface area contributed by atoms with Gasteiger partial charge in [0.05, 0.1) is 29.1 Å². The molecular formula is C27H29ClFN5O3. The van der Waals surface area contributed by atoms with Gasteiger partial charge in [-0.2, -0.15) is 0 Å². The summed E-state index contributed by atoms with van der Waals surface area (Å²) in [6.45, 7) is 5.41. The normalized spacial score (nSPS) is 15.2. The van der Waals surface area contributed by atoms with Crippen LogP contribution in [-0.4, -0.2) is 51.0 Å². The van der Waals surface area contributed by atoms with Gasteiger partial charge < -0.3 is 20.6 Å². The fraction of sp³-hybridized carbons (Fsp3) is 0.333. The number of benzene rings is 2. The Hall–Kier alpha value is -3.56. The molecule has 2 aromatic carbocycles. The first-order valence-corrected chi connectivity index (χ1v) is 12.4. The molecule has 0 saturated heterocycles. The molecule has 3 N–H and O–H groups in total. The van der Waals surface area contributed by atoms with E-state index in [2.05, 4.69) is 20.6 Å². The number of hydrogen-bond acceptors (Lipinski definition) is 6. The number of aryl methyl sites for hydroxylation is 1. The highest BCUT2D eigenvalue weighted by atomic mass is 35.5. The molecule has 1 aliphatic heterocycles. The van der Waals surface area contributed by atoms with Gasteiger partial charge in [-0.15, -0.1) is 0 Å². The van der Waals surface area contributed by atoms with Gasteiger partial charge >= 0.3 is 0 Å². The molecule has 1 aliphatic rings. The first kappa shape index (κ1) is 26.5. The third-order valence-corrected chi connectivity index (χ3v) is 6.83. The highest BCUT2D eigenvalue weighted by molar-refractivity contribution is 6.33. The number of nitrogens with zero attached hydrogens (tertiary/aromatic N) is 3. The topological polar surface area (TPSA) is 107 Å². The van der Waals surface area contributed by atoms with Crippen molar-refractivity contribution in [3.05, 3.63) is 75.7 Å². The van der Waals surface area contributed by atoms with Crippen molar-refractivity contribution in [2.75, 3.05) is 12.4 Å². The number of anilines is 1. The number of aliphatic hydroxyl groups excluding tert-OH is 1. The molecule has 8 nitrogen and oxygen atoms in total. The number of carbonyl (C=O) groups excluding carboxylic acids is 2. The maximum atomic E-state index is 14.1. The summed E-state index contributed by atoms with van der Waals surface area (Å²) in [5.74, 6) is -0.793. The molecule has 0 bridgehead atoms. The first-order chi connectivity index (χ1) is 17.6. The van der Waals surface area contributed by atoms with Crippen LogP contribution in [0.25, 0.3) is 11.3 Å². The van der Waals surface area contributed by atoms with Crippen molar-refractivity contribution in [3.8, 4) is 11.3 Å². The molecule has 194 valence electrons. The quantitative estimate of drug-likeness (QED) is 0.405. The van der Waals surface area contributed by atoms with Crippen LogP contribution < -0.4 is 10.6 Å².